The minimum Gasteiger partial charge on any atom is -0.469 e. The van der Waals surface area contributed by atoms with Crippen molar-refractivity contribution in [3.8, 4) is 0 Å². The predicted octanol–water partition coefficient (Wildman–Crippen LogP) is 0.906. The SMILES string of the molecule is COC(=O)[C@@H]1[C@H](C(=O)OC)[C@@]2(C)CC[C@@]1(C)O2. The number of rotatable bonds is 2. The molecule has 0 aromatic heterocycles. The molecule has 0 aliphatic carbocycles. The van der Waals surface area contributed by atoms with Gasteiger partial charge >= 0.3 is 11.9 Å². The summed E-state index contributed by atoms with van der Waals surface area (Å²) in [4.78, 5) is 23.7. The Morgan fingerprint density at radius 1 is 1.00 bits per heavy atom. The average molecular weight is 242 g/mol. The highest BCUT2D eigenvalue weighted by molar-refractivity contribution is 5.85. The number of fused-ring (bicyclic) bond motifs is 2. The Morgan fingerprint density at radius 2 is 1.35 bits per heavy atom. The van der Waals surface area contributed by atoms with Crippen LogP contribution in [0.25, 0.3) is 0 Å². The lowest BCUT2D eigenvalue weighted by atomic mass is 9.67. The number of ether oxygens (including phenoxy) is 3. The summed E-state index contributed by atoms with van der Waals surface area (Å²) in [7, 11) is 2.66. The van der Waals surface area contributed by atoms with Crippen molar-refractivity contribution in [3.63, 3.8) is 0 Å². The smallest absolute Gasteiger partial charge is 0.312 e. The maximum Gasteiger partial charge on any atom is 0.312 e. The maximum atomic E-state index is 11.9. The topological polar surface area (TPSA) is 61.8 Å². The van der Waals surface area contributed by atoms with Gasteiger partial charge in [-0.1, -0.05) is 0 Å². The van der Waals surface area contributed by atoms with Crippen LogP contribution in [0, 0.1) is 11.8 Å². The minimum absolute atomic E-state index is 0.397. The molecule has 0 saturated carbocycles. The molecule has 17 heavy (non-hydrogen) atoms. The molecule has 2 saturated heterocycles. The molecular formula is C12H18O5. The summed E-state index contributed by atoms with van der Waals surface area (Å²) >= 11 is 0. The number of carbonyl (C=O) groups excluding carboxylic acids is 2. The Kier molecular flexibility index (Phi) is 2.69. The van der Waals surface area contributed by atoms with E-state index in [1.54, 1.807) is 0 Å². The van der Waals surface area contributed by atoms with Gasteiger partial charge in [-0.3, -0.25) is 9.59 Å². The fraction of sp³-hybridized carbons (Fsp3) is 0.833. The van der Waals surface area contributed by atoms with Crippen LogP contribution >= 0.6 is 0 Å². The Labute approximate surface area is 100 Å². The molecule has 2 heterocycles. The van der Waals surface area contributed by atoms with Crippen molar-refractivity contribution >= 4 is 11.9 Å². The first-order valence-electron chi connectivity index (χ1n) is 5.74. The molecule has 0 amide bonds. The van der Waals surface area contributed by atoms with E-state index in [0.29, 0.717) is 0 Å². The van der Waals surface area contributed by atoms with E-state index >= 15 is 0 Å². The van der Waals surface area contributed by atoms with Gasteiger partial charge in [0.1, 0.15) is 11.8 Å². The normalized spacial score (nSPS) is 43.5. The van der Waals surface area contributed by atoms with Crippen LogP contribution in [-0.2, 0) is 23.8 Å². The molecule has 4 atom stereocenters. The van der Waals surface area contributed by atoms with Crippen LogP contribution in [0.3, 0.4) is 0 Å². The van der Waals surface area contributed by atoms with Gasteiger partial charge in [-0.2, -0.15) is 0 Å². The standard InChI is InChI=1S/C12H18O5/c1-11-5-6-12(2,17-11)8(10(14)16-4)7(11)9(13)15-3/h7-8H,5-6H2,1-4H3/t7-,8+,11-,12-/m1/s1. The Balaban J connectivity index is 2.40. The average Bonchev–Trinajstić information content (AvgIpc) is 2.72. The molecule has 2 fully saturated rings. The van der Waals surface area contributed by atoms with Gasteiger partial charge in [-0.25, -0.2) is 0 Å². The Hall–Kier alpha value is -1.10. The van der Waals surface area contributed by atoms with E-state index in [2.05, 4.69) is 0 Å². The zero-order valence-electron chi connectivity index (χ0n) is 10.6. The van der Waals surface area contributed by atoms with E-state index < -0.39 is 35.0 Å². The number of hydrogen-bond donors (Lipinski definition) is 0. The molecule has 2 aliphatic rings. The van der Waals surface area contributed by atoms with E-state index in [-0.39, 0.29) is 0 Å². The number of methoxy groups -OCH3 is 2. The maximum absolute atomic E-state index is 11.9. The molecule has 5 heteroatoms. The lowest BCUT2D eigenvalue weighted by Crippen LogP contribution is -2.47. The van der Waals surface area contributed by atoms with Gasteiger partial charge < -0.3 is 14.2 Å². The van der Waals surface area contributed by atoms with Gasteiger partial charge in [0.05, 0.1) is 25.4 Å². The zero-order chi connectivity index (χ0) is 12.8. The second-order valence-corrected chi connectivity index (χ2v) is 5.23. The highest BCUT2D eigenvalue weighted by Crippen LogP contribution is 2.57. The van der Waals surface area contributed by atoms with Crippen LogP contribution in [0.1, 0.15) is 26.7 Å². The van der Waals surface area contributed by atoms with Crippen molar-refractivity contribution in [2.45, 2.75) is 37.9 Å². The van der Waals surface area contributed by atoms with Crippen molar-refractivity contribution in [2.75, 3.05) is 14.2 Å². The lowest BCUT2D eigenvalue weighted by Gasteiger charge is -2.32. The van der Waals surface area contributed by atoms with Gasteiger partial charge in [0.15, 0.2) is 0 Å². The first-order valence-corrected chi connectivity index (χ1v) is 5.74. The zero-order valence-corrected chi connectivity index (χ0v) is 10.6. The Morgan fingerprint density at radius 3 is 1.65 bits per heavy atom. The van der Waals surface area contributed by atoms with Crippen molar-refractivity contribution in [2.24, 2.45) is 11.8 Å². The largest absolute Gasteiger partial charge is 0.469 e. The molecule has 0 aromatic rings. The van der Waals surface area contributed by atoms with Gasteiger partial charge in [0.2, 0.25) is 0 Å². The molecule has 2 bridgehead atoms. The number of esters is 2. The van der Waals surface area contributed by atoms with Crippen LogP contribution in [0.5, 0.6) is 0 Å². The second-order valence-electron chi connectivity index (χ2n) is 5.23. The van der Waals surface area contributed by atoms with E-state index in [4.69, 9.17) is 14.2 Å². The third-order valence-electron chi connectivity index (χ3n) is 4.14. The van der Waals surface area contributed by atoms with Crippen LogP contribution in [0.2, 0.25) is 0 Å². The fourth-order valence-electron chi connectivity index (χ4n) is 3.30. The van der Waals surface area contributed by atoms with E-state index in [1.165, 1.54) is 14.2 Å². The van der Waals surface area contributed by atoms with Crippen LogP contribution in [0.15, 0.2) is 0 Å². The molecule has 0 N–H and O–H groups in total. The molecule has 5 nitrogen and oxygen atoms in total. The summed E-state index contributed by atoms with van der Waals surface area (Å²) in [5.74, 6) is -1.94. The molecule has 0 aromatic carbocycles. The highest BCUT2D eigenvalue weighted by Gasteiger charge is 2.68. The molecule has 0 unspecified atom stereocenters. The van der Waals surface area contributed by atoms with E-state index in [9.17, 15) is 9.59 Å². The van der Waals surface area contributed by atoms with Gasteiger partial charge in [-0.05, 0) is 26.7 Å². The van der Waals surface area contributed by atoms with Crippen LogP contribution in [-0.4, -0.2) is 37.4 Å². The quantitative estimate of drug-likeness (QED) is 0.673. The second kappa shape index (κ2) is 3.70. The predicted molar refractivity (Wildman–Crippen MR) is 58.1 cm³/mol. The van der Waals surface area contributed by atoms with Gasteiger partial charge in [0.25, 0.3) is 0 Å². The molecule has 0 spiro atoms. The summed E-state index contributed by atoms with van der Waals surface area (Å²) < 4.78 is 15.5. The summed E-state index contributed by atoms with van der Waals surface area (Å²) in [6.45, 7) is 3.73. The third-order valence-corrected chi connectivity index (χ3v) is 4.14. The van der Waals surface area contributed by atoms with E-state index in [0.717, 1.165) is 12.8 Å². The molecule has 2 aliphatic heterocycles. The van der Waals surface area contributed by atoms with E-state index in [1.807, 2.05) is 13.8 Å². The lowest BCUT2D eigenvalue weighted by molar-refractivity contribution is -0.160. The Bertz CT molecular complexity index is 332. The van der Waals surface area contributed by atoms with Gasteiger partial charge in [0, 0.05) is 0 Å². The third kappa shape index (κ3) is 1.56. The first-order chi connectivity index (χ1) is 7.88. The van der Waals surface area contributed by atoms with Crippen molar-refractivity contribution in [3.05, 3.63) is 0 Å². The van der Waals surface area contributed by atoms with Crippen molar-refractivity contribution < 1.29 is 23.8 Å². The van der Waals surface area contributed by atoms with Gasteiger partial charge in [-0.15, -0.1) is 0 Å². The summed E-state index contributed by atoms with van der Waals surface area (Å²) in [6.07, 6.45) is 1.52. The number of hydrogen-bond acceptors (Lipinski definition) is 5. The molecular weight excluding hydrogens is 224 g/mol. The monoisotopic (exact) mass is 242 g/mol. The highest BCUT2D eigenvalue weighted by atomic mass is 16.6. The molecule has 0 radical (unpaired) electrons. The molecule has 2 rings (SSSR count). The number of carbonyl (C=O) groups is 2. The summed E-state index contributed by atoms with van der Waals surface area (Å²) in [5.41, 5.74) is -1.22. The molecule has 96 valence electrons. The summed E-state index contributed by atoms with van der Waals surface area (Å²) in [6, 6.07) is 0. The van der Waals surface area contributed by atoms with Crippen molar-refractivity contribution in [1.29, 1.82) is 0 Å². The van der Waals surface area contributed by atoms with Crippen LogP contribution < -0.4 is 0 Å². The minimum atomic E-state index is -0.610. The van der Waals surface area contributed by atoms with Crippen LogP contribution in [0.4, 0.5) is 0 Å². The first kappa shape index (κ1) is 12.4. The fourth-order valence-corrected chi connectivity index (χ4v) is 3.30. The van der Waals surface area contributed by atoms with Crippen molar-refractivity contribution in [1.82, 2.24) is 0 Å². The summed E-state index contributed by atoms with van der Waals surface area (Å²) in [5, 5.41) is 0.